The van der Waals surface area contributed by atoms with E-state index in [0.717, 1.165) is 77.2 Å². The molecular formula is C57H36N4O. The molecule has 290 valence electrons. The number of benzene rings is 9. The number of hydrogen-bond acceptors (Lipinski definition) is 4. The molecule has 3 heterocycles. The molecule has 0 fully saturated rings. The highest BCUT2D eigenvalue weighted by Gasteiger charge is 2.21. The molecule has 0 amide bonds. The topological polar surface area (TPSA) is 56.7 Å². The zero-order valence-electron chi connectivity index (χ0n) is 33.5. The number of fused-ring (bicyclic) bond motifs is 6. The first-order valence-corrected chi connectivity index (χ1v) is 20.8. The third kappa shape index (κ3) is 6.14. The van der Waals surface area contributed by atoms with Gasteiger partial charge in [-0.25, -0.2) is 15.0 Å². The van der Waals surface area contributed by atoms with Gasteiger partial charge in [0.15, 0.2) is 17.5 Å². The van der Waals surface area contributed by atoms with Crippen LogP contribution in [0, 0.1) is 0 Å². The van der Waals surface area contributed by atoms with Gasteiger partial charge in [0.1, 0.15) is 11.2 Å². The van der Waals surface area contributed by atoms with Gasteiger partial charge in [-0.2, -0.15) is 0 Å². The Labute approximate surface area is 357 Å². The van der Waals surface area contributed by atoms with Gasteiger partial charge in [-0.15, -0.1) is 0 Å². The number of rotatable bonds is 7. The molecule has 0 aliphatic carbocycles. The first-order chi connectivity index (χ1) is 30.7. The van der Waals surface area contributed by atoms with Gasteiger partial charge in [0.2, 0.25) is 0 Å². The molecule has 0 aliphatic heterocycles. The van der Waals surface area contributed by atoms with Crippen molar-refractivity contribution in [3.05, 3.63) is 218 Å². The third-order valence-corrected chi connectivity index (χ3v) is 11.9. The van der Waals surface area contributed by atoms with Crippen LogP contribution in [0.15, 0.2) is 223 Å². The molecule has 62 heavy (non-hydrogen) atoms. The molecule has 0 atom stereocenters. The Kier molecular flexibility index (Phi) is 8.42. The Morgan fingerprint density at radius 2 is 0.790 bits per heavy atom. The molecule has 3 aromatic heterocycles. The SMILES string of the molecule is c1ccc(-c2ccc(-c3nc(-c4ccccc4)nc(-c4cccc5c4oc4cc6c7ccccc7n(-c7ccc(-c8cccc(-c9ccccc9)c8)cc7)c6cc45)n3)cc2)cc1. The van der Waals surface area contributed by atoms with Crippen LogP contribution in [-0.2, 0) is 0 Å². The highest BCUT2D eigenvalue weighted by Crippen LogP contribution is 2.41. The highest BCUT2D eigenvalue weighted by molar-refractivity contribution is 6.18. The quantitative estimate of drug-likeness (QED) is 0.161. The van der Waals surface area contributed by atoms with Gasteiger partial charge >= 0.3 is 0 Å². The van der Waals surface area contributed by atoms with E-state index in [-0.39, 0.29) is 0 Å². The van der Waals surface area contributed by atoms with E-state index in [1.54, 1.807) is 0 Å². The van der Waals surface area contributed by atoms with Gasteiger partial charge in [0, 0.05) is 38.4 Å². The van der Waals surface area contributed by atoms with E-state index in [0.29, 0.717) is 17.5 Å². The monoisotopic (exact) mass is 792 g/mol. The lowest BCUT2D eigenvalue weighted by Gasteiger charge is -2.10. The summed E-state index contributed by atoms with van der Waals surface area (Å²) in [5.74, 6) is 1.76. The van der Waals surface area contributed by atoms with Crippen LogP contribution in [0.4, 0.5) is 0 Å². The van der Waals surface area contributed by atoms with E-state index < -0.39 is 0 Å². The molecule has 12 aromatic rings. The largest absolute Gasteiger partial charge is 0.455 e. The second-order valence-electron chi connectivity index (χ2n) is 15.6. The van der Waals surface area contributed by atoms with Gasteiger partial charge in [-0.1, -0.05) is 176 Å². The van der Waals surface area contributed by atoms with Crippen molar-refractivity contribution < 1.29 is 4.42 Å². The summed E-state index contributed by atoms with van der Waals surface area (Å²) in [6.07, 6.45) is 0. The van der Waals surface area contributed by atoms with E-state index in [1.165, 1.54) is 22.3 Å². The standard InChI is InChI=1S/C57H36N4O/c1-4-14-37(15-5-1)39-26-28-42(29-27-39)56-58-55(41-18-8-3-9-19-41)59-57(60-56)48-24-13-23-47-50-35-52-49(36-53(50)62-54(47)48)46-22-10-11-25-51(46)61(52)45-32-30-40(31-33-45)44-21-12-20-43(34-44)38-16-6-2-7-17-38/h1-36H. The van der Waals surface area contributed by atoms with E-state index in [4.69, 9.17) is 19.4 Å². The van der Waals surface area contributed by atoms with Crippen LogP contribution < -0.4 is 0 Å². The van der Waals surface area contributed by atoms with Crippen LogP contribution >= 0.6 is 0 Å². The summed E-state index contributed by atoms with van der Waals surface area (Å²) in [5.41, 5.74) is 14.6. The normalized spacial score (nSPS) is 11.5. The van der Waals surface area contributed by atoms with E-state index >= 15 is 0 Å². The van der Waals surface area contributed by atoms with Crippen molar-refractivity contribution in [3.8, 4) is 73.2 Å². The van der Waals surface area contributed by atoms with Crippen LogP contribution in [0.2, 0.25) is 0 Å². The smallest absolute Gasteiger partial charge is 0.167 e. The van der Waals surface area contributed by atoms with Gasteiger partial charge in [0.05, 0.1) is 16.6 Å². The predicted octanol–water partition coefficient (Wildman–Crippen LogP) is 14.9. The van der Waals surface area contributed by atoms with Gasteiger partial charge in [0.25, 0.3) is 0 Å². The van der Waals surface area contributed by atoms with Crippen molar-refractivity contribution in [1.29, 1.82) is 0 Å². The Balaban J connectivity index is 0.981. The Hall–Kier alpha value is -8.41. The molecule has 0 aliphatic rings. The van der Waals surface area contributed by atoms with Gasteiger partial charge in [-0.05, 0) is 75.8 Å². The molecule has 5 nitrogen and oxygen atoms in total. The number of nitrogens with zero attached hydrogens (tertiary/aromatic N) is 4. The minimum absolute atomic E-state index is 0.555. The van der Waals surface area contributed by atoms with Crippen molar-refractivity contribution in [2.75, 3.05) is 0 Å². The summed E-state index contributed by atoms with van der Waals surface area (Å²) in [6.45, 7) is 0. The number of aromatic nitrogens is 4. The van der Waals surface area contributed by atoms with E-state index in [1.807, 2.05) is 42.5 Å². The molecular weight excluding hydrogens is 757 g/mol. The summed E-state index contributed by atoms with van der Waals surface area (Å²) in [7, 11) is 0. The zero-order valence-corrected chi connectivity index (χ0v) is 33.5. The summed E-state index contributed by atoms with van der Waals surface area (Å²) in [5, 5.41) is 4.32. The molecule has 12 rings (SSSR count). The van der Waals surface area contributed by atoms with E-state index in [9.17, 15) is 0 Å². The molecule has 0 N–H and O–H groups in total. The lowest BCUT2D eigenvalue weighted by molar-refractivity contribution is 0.670. The van der Waals surface area contributed by atoms with Crippen LogP contribution in [0.1, 0.15) is 0 Å². The number of furan rings is 1. The van der Waals surface area contributed by atoms with Gasteiger partial charge in [-0.3, -0.25) is 0 Å². The first kappa shape index (κ1) is 35.5. The molecule has 0 spiro atoms. The molecule has 0 radical (unpaired) electrons. The van der Waals surface area contributed by atoms with Gasteiger partial charge < -0.3 is 8.98 Å². The molecule has 0 unspecified atom stereocenters. The highest BCUT2D eigenvalue weighted by atomic mass is 16.3. The van der Waals surface area contributed by atoms with Crippen LogP contribution in [0.25, 0.3) is 117 Å². The fourth-order valence-corrected chi connectivity index (χ4v) is 8.81. The summed E-state index contributed by atoms with van der Waals surface area (Å²) in [6, 6.07) is 76.4. The van der Waals surface area contributed by atoms with Crippen molar-refractivity contribution >= 4 is 43.7 Å². The van der Waals surface area contributed by atoms with Crippen molar-refractivity contribution in [3.63, 3.8) is 0 Å². The second kappa shape index (κ2) is 14.7. The van der Waals surface area contributed by atoms with E-state index in [2.05, 4.69) is 180 Å². The maximum atomic E-state index is 6.86. The number of hydrogen-bond donors (Lipinski definition) is 0. The van der Waals surface area contributed by atoms with Crippen LogP contribution in [-0.4, -0.2) is 19.5 Å². The van der Waals surface area contributed by atoms with Crippen molar-refractivity contribution in [2.45, 2.75) is 0 Å². The Bertz CT molecular complexity index is 3590. The number of para-hydroxylation sites is 2. The average Bonchev–Trinajstić information content (AvgIpc) is 3.89. The predicted molar refractivity (Wildman–Crippen MR) is 254 cm³/mol. The summed E-state index contributed by atoms with van der Waals surface area (Å²) in [4.78, 5) is 15.2. The first-order valence-electron chi connectivity index (χ1n) is 20.8. The maximum Gasteiger partial charge on any atom is 0.167 e. The maximum absolute atomic E-state index is 6.86. The van der Waals surface area contributed by atoms with Crippen LogP contribution in [0.3, 0.4) is 0 Å². The minimum atomic E-state index is 0.555. The van der Waals surface area contributed by atoms with Crippen molar-refractivity contribution in [2.24, 2.45) is 0 Å². The Morgan fingerprint density at radius 1 is 0.306 bits per heavy atom. The average molecular weight is 793 g/mol. The molecule has 9 aromatic carbocycles. The van der Waals surface area contributed by atoms with Crippen LogP contribution in [0.5, 0.6) is 0 Å². The molecule has 0 saturated heterocycles. The fraction of sp³-hybridized carbons (Fsp3) is 0. The second-order valence-corrected chi connectivity index (χ2v) is 15.6. The molecule has 0 saturated carbocycles. The minimum Gasteiger partial charge on any atom is -0.455 e. The lowest BCUT2D eigenvalue weighted by atomic mass is 9.99. The molecule has 5 heteroatoms. The Morgan fingerprint density at radius 3 is 1.48 bits per heavy atom. The summed E-state index contributed by atoms with van der Waals surface area (Å²) >= 11 is 0. The fourth-order valence-electron chi connectivity index (χ4n) is 8.81. The van der Waals surface area contributed by atoms with Crippen molar-refractivity contribution in [1.82, 2.24) is 19.5 Å². The third-order valence-electron chi connectivity index (χ3n) is 11.9. The zero-order chi connectivity index (χ0) is 41.0. The summed E-state index contributed by atoms with van der Waals surface area (Å²) < 4.78 is 9.23. The lowest BCUT2D eigenvalue weighted by Crippen LogP contribution is -2.00. The molecule has 0 bridgehead atoms.